The number of ether oxygens (including phenoxy) is 1. The van der Waals surface area contributed by atoms with E-state index in [1.807, 2.05) is 19.0 Å². The number of nitrogens with zero attached hydrogens (tertiary/aromatic N) is 2. The van der Waals surface area contributed by atoms with Crippen molar-refractivity contribution in [2.75, 3.05) is 20.2 Å². The zero-order valence-corrected chi connectivity index (χ0v) is 21.5. The molecule has 8 heteroatoms. The molecule has 7 nitrogen and oxygen atoms in total. The number of likely N-dealkylation sites (tertiary alicyclic amines) is 1. The van der Waals surface area contributed by atoms with Crippen LogP contribution in [0.5, 0.6) is 0 Å². The molecule has 2 aliphatic rings. The smallest absolute Gasteiger partial charge is 0.325 e. The molecular formula is C23H41N3O4Si. The van der Waals surface area contributed by atoms with Gasteiger partial charge in [-0.25, -0.2) is 5.43 Å². The number of esters is 1. The third-order valence-electron chi connectivity index (χ3n) is 6.94. The third-order valence-corrected chi connectivity index (χ3v) is 11.5. The van der Waals surface area contributed by atoms with Crippen LogP contribution in [0.4, 0.5) is 0 Å². The molecule has 1 saturated heterocycles. The Kier molecular flexibility index (Phi) is 8.16. The molecule has 1 N–H and O–H groups in total. The average molecular weight is 452 g/mol. The van der Waals surface area contributed by atoms with Gasteiger partial charge in [-0.1, -0.05) is 33.4 Å². The van der Waals surface area contributed by atoms with Gasteiger partial charge >= 0.3 is 5.97 Å². The summed E-state index contributed by atoms with van der Waals surface area (Å²) >= 11 is 0. The number of allylic oxidation sites excluding steroid dienone is 1. The monoisotopic (exact) mass is 451 g/mol. The van der Waals surface area contributed by atoms with E-state index in [1.54, 1.807) is 4.90 Å². The number of amides is 1. The highest BCUT2D eigenvalue weighted by Gasteiger charge is 2.52. The minimum Gasteiger partial charge on any atom is -0.460 e. The first-order chi connectivity index (χ1) is 14.3. The van der Waals surface area contributed by atoms with Gasteiger partial charge < -0.3 is 19.1 Å². The zero-order chi connectivity index (χ0) is 23.6. The van der Waals surface area contributed by atoms with Crippen molar-refractivity contribution in [3.8, 4) is 0 Å². The van der Waals surface area contributed by atoms with Crippen LogP contribution in [-0.2, 0) is 18.8 Å². The molecule has 4 atom stereocenters. The van der Waals surface area contributed by atoms with Gasteiger partial charge in [0.1, 0.15) is 13.2 Å². The fourth-order valence-corrected chi connectivity index (χ4v) is 5.45. The minimum absolute atomic E-state index is 0.0185. The van der Waals surface area contributed by atoms with Crippen molar-refractivity contribution in [1.82, 2.24) is 15.3 Å². The van der Waals surface area contributed by atoms with Gasteiger partial charge in [0.2, 0.25) is 5.91 Å². The number of rotatable bonds is 10. The van der Waals surface area contributed by atoms with Crippen LogP contribution in [0.15, 0.2) is 24.4 Å². The van der Waals surface area contributed by atoms with Gasteiger partial charge in [-0.15, -0.1) is 0 Å². The Balaban J connectivity index is 2.10. The Labute approximate surface area is 188 Å². The van der Waals surface area contributed by atoms with E-state index in [9.17, 15) is 9.59 Å². The van der Waals surface area contributed by atoms with Crippen LogP contribution in [0.2, 0.25) is 18.1 Å². The third kappa shape index (κ3) is 5.99. The standard InChI is InChI=1S/C23H41N3O4Si/c1-10-13-29-20(27)15-26-19(12-11-18-14-16(2)25(7)24-18)21(22(26)28)17(3)30-31(8,9)23(4,5)6/h10,14,17-19,21,24H,1,11-13,15H2,2-9H3/t17-,18?,19-,21-/m1/s1. The van der Waals surface area contributed by atoms with Crippen LogP contribution >= 0.6 is 0 Å². The quantitative estimate of drug-likeness (QED) is 0.237. The minimum atomic E-state index is -2.01. The average Bonchev–Trinajstić information content (AvgIpc) is 2.97. The van der Waals surface area contributed by atoms with Crippen LogP contribution in [0.3, 0.4) is 0 Å². The number of β-lactam (4-membered cyclic amide) rings is 1. The van der Waals surface area contributed by atoms with E-state index in [2.05, 4.69) is 58.9 Å². The summed E-state index contributed by atoms with van der Waals surface area (Å²) in [5, 5.41) is 2.08. The molecule has 0 saturated carbocycles. The van der Waals surface area contributed by atoms with E-state index in [0.29, 0.717) is 0 Å². The number of carbonyl (C=O) groups excluding carboxylic acids is 2. The fraction of sp³-hybridized carbons (Fsp3) is 0.739. The Bertz CT molecular complexity index is 716. The summed E-state index contributed by atoms with van der Waals surface area (Å²) in [4.78, 5) is 26.9. The Morgan fingerprint density at radius 1 is 1.35 bits per heavy atom. The van der Waals surface area contributed by atoms with Crippen molar-refractivity contribution in [3.05, 3.63) is 24.4 Å². The first-order valence-electron chi connectivity index (χ1n) is 11.2. The number of hydrogen-bond donors (Lipinski definition) is 1. The molecule has 0 aromatic rings. The first-order valence-corrected chi connectivity index (χ1v) is 14.1. The lowest BCUT2D eigenvalue weighted by molar-refractivity contribution is -0.170. The van der Waals surface area contributed by atoms with Crippen LogP contribution in [-0.4, -0.2) is 68.5 Å². The highest BCUT2D eigenvalue weighted by atomic mass is 28.4. The number of carbonyl (C=O) groups is 2. The Hall–Kier alpha value is -1.64. The van der Waals surface area contributed by atoms with E-state index < -0.39 is 14.3 Å². The van der Waals surface area contributed by atoms with Gasteiger partial charge in [0.15, 0.2) is 8.32 Å². The molecule has 0 radical (unpaired) electrons. The molecule has 2 heterocycles. The highest BCUT2D eigenvalue weighted by molar-refractivity contribution is 6.74. The second kappa shape index (κ2) is 9.88. The number of hydrogen-bond acceptors (Lipinski definition) is 6. The molecule has 0 bridgehead atoms. The number of hydrazine groups is 1. The van der Waals surface area contributed by atoms with Crippen molar-refractivity contribution in [3.63, 3.8) is 0 Å². The molecule has 0 aromatic carbocycles. The molecule has 31 heavy (non-hydrogen) atoms. The summed E-state index contributed by atoms with van der Waals surface area (Å²) < 4.78 is 11.7. The van der Waals surface area contributed by atoms with Gasteiger partial charge in [-0.05, 0) is 50.9 Å². The second-order valence-electron chi connectivity index (χ2n) is 10.3. The molecule has 176 valence electrons. The summed E-state index contributed by atoms with van der Waals surface area (Å²) in [5.41, 5.74) is 4.60. The van der Waals surface area contributed by atoms with Gasteiger partial charge in [-0.2, -0.15) is 0 Å². The lowest BCUT2D eigenvalue weighted by Crippen LogP contribution is -2.66. The molecule has 2 aliphatic heterocycles. The van der Waals surface area contributed by atoms with Crippen LogP contribution in [0.25, 0.3) is 0 Å². The van der Waals surface area contributed by atoms with Crippen molar-refractivity contribution >= 4 is 20.2 Å². The van der Waals surface area contributed by atoms with Gasteiger partial charge in [0, 0.05) is 24.8 Å². The maximum atomic E-state index is 13.1. The lowest BCUT2D eigenvalue weighted by Gasteiger charge is -2.51. The van der Waals surface area contributed by atoms with Crippen molar-refractivity contribution in [1.29, 1.82) is 0 Å². The van der Waals surface area contributed by atoms with E-state index in [4.69, 9.17) is 9.16 Å². The molecule has 0 aromatic heterocycles. The molecular weight excluding hydrogens is 410 g/mol. The van der Waals surface area contributed by atoms with E-state index >= 15 is 0 Å². The zero-order valence-electron chi connectivity index (χ0n) is 20.5. The largest absolute Gasteiger partial charge is 0.460 e. The topological polar surface area (TPSA) is 71.1 Å². The van der Waals surface area contributed by atoms with Crippen LogP contribution in [0.1, 0.15) is 47.5 Å². The second-order valence-corrected chi connectivity index (χ2v) is 15.1. The number of nitrogens with one attached hydrogen (secondary N) is 1. The van der Waals surface area contributed by atoms with Crippen LogP contribution < -0.4 is 5.43 Å². The molecule has 2 rings (SSSR count). The van der Waals surface area contributed by atoms with Gasteiger partial charge in [0.05, 0.1) is 12.0 Å². The first kappa shape index (κ1) is 25.6. The SMILES string of the molecule is C=CCOC(=O)CN1C(=O)[C@H]([C@@H](C)O[Si](C)(C)C(C)(C)C)[C@H]1CCC1C=C(C)N(C)N1. The van der Waals surface area contributed by atoms with E-state index in [0.717, 1.165) is 12.8 Å². The van der Waals surface area contributed by atoms with Crippen molar-refractivity contribution < 1.29 is 18.8 Å². The summed E-state index contributed by atoms with van der Waals surface area (Å²) in [6.07, 6.45) is 5.22. The Morgan fingerprint density at radius 2 is 2.00 bits per heavy atom. The summed E-state index contributed by atoms with van der Waals surface area (Å²) in [7, 11) is -0.0142. The van der Waals surface area contributed by atoms with Crippen LogP contribution in [0, 0.1) is 5.92 Å². The van der Waals surface area contributed by atoms with Crippen molar-refractivity contribution in [2.45, 2.75) is 83.8 Å². The predicted octanol–water partition coefficient (Wildman–Crippen LogP) is 3.46. The van der Waals surface area contributed by atoms with E-state index in [-0.39, 0.29) is 48.2 Å². The van der Waals surface area contributed by atoms with Gasteiger partial charge in [-0.3, -0.25) is 9.59 Å². The summed E-state index contributed by atoms with van der Waals surface area (Å²) in [6.45, 7) is 18.8. The normalized spacial score (nSPS) is 25.2. The lowest BCUT2D eigenvalue weighted by atomic mass is 9.80. The van der Waals surface area contributed by atoms with Crippen molar-refractivity contribution in [2.24, 2.45) is 5.92 Å². The molecule has 1 fully saturated rings. The Morgan fingerprint density at radius 3 is 2.52 bits per heavy atom. The fourth-order valence-electron chi connectivity index (χ4n) is 4.02. The maximum absolute atomic E-state index is 13.1. The van der Waals surface area contributed by atoms with Gasteiger partial charge in [0.25, 0.3) is 0 Å². The summed E-state index contributed by atoms with van der Waals surface area (Å²) in [5.74, 6) is -0.648. The molecule has 0 aliphatic carbocycles. The maximum Gasteiger partial charge on any atom is 0.325 e. The predicted molar refractivity (Wildman–Crippen MR) is 126 cm³/mol. The molecule has 1 unspecified atom stereocenters. The molecule has 0 spiro atoms. The van der Waals surface area contributed by atoms with E-state index in [1.165, 1.54) is 11.8 Å². The highest BCUT2D eigenvalue weighted by Crippen LogP contribution is 2.41. The molecule has 1 amide bonds. The summed E-state index contributed by atoms with van der Waals surface area (Å²) in [6, 6.07) is 0.192.